The Balaban J connectivity index is 1.65. The molecule has 10 heteroatoms. The number of rotatable bonds is 4. The third kappa shape index (κ3) is 4.13. The number of amides is 1. The monoisotopic (exact) mass is 404 g/mol. The second-order valence-corrected chi connectivity index (χ2v) is 11.3. The van der Waals surface area contributed by atoms with Crippen molar-refractivity contribution in [2.24, 2.45) is 0 Å². The summed E-state index contributed by atoms with van der Waals surface area (Å²) in [4.78, 5) is 12.4. The van der Waals surface area contributed by atoms with Gasteiger partial charge in [0.15, 0.2) is 11.5 Å². The number of carbonyl (C=O) groups is 1. The SMILES string of the molecule is CN(SN(C)P1(=S)OCCO1)C(=O)Oc1cccc2c1OC(C)(C)C2. The van der Waals surface area contributed by atoms with Crippen LogP contribution < -0.4 is 9.47 Å². The summed E-state index contributed by atoms with van der Waals surface area (Å²) in [5, 5.41) is 0. The van der Waals surface area contributed by atoms with Crippen LogP contribution in [-0.4, -0.2) is 47.4 Å². The number of para-hydroxylation sites is 1. The van der Waals surface area contributed by atoms with Gasteiger partial charge in [0.2, 0.25) is 0 Å². The van der Waals surface area contributed by atoms with E-state index in [2.05, 4.69) is 0 Å². The van der Waals surface area contributed by atoms with E-state index in [0.717, 1.165) is 24.1 Å². The van der Waals surface area contributed by atoms with Crippen LogP contribution >= 0.6 is 18.8 Å². The van der Waals surface area contributed by atoms with E-state index in [0.29, 0.717) is 24.7 Å². The van der Waals surface area contributed by atoms with Crippen molar-refractivity contribution < 1.29 is 23.3 Å². The lowest BCUT2D eigenvalue weighted by atomic mass is 10.0. The summed E-state index contributed by atoms with van der Waals surface area (Å²) >= 11 is 6.49. The molecule has 0 saturated carbocycles. The first kappa shape index (κ1) is 18.9. The topological polar surface area (TPSA) is 60.5 Å². The van der Waals surface area contributed by atoms with Gasteiger partial charge in [0.25, 0.3) is 6.64 Å². The van der Waals surface area contributed by atoms with Crippen molar-refractivity contribution in [3.05, 3.63) is 23.8 Å². The van der Waals surface area contributed by atoms with Crippen molar-refractivity contribution in [1.29, 1.82) is 0 Å². The molecular weight excluding hydrogens is 383 g/mol. The van der Waals surface area contributed by atoms with Crippen LogP contribution in [0.5, 0.6) is 11.5 Å². The fourth-order valence-electron chi connectivity index (χ4n) is 2.59. The third-order valence-corrected chi connectivity index (χ3v) is 8.57. The maximum atomic E-state index is 12.4. The van der Waals surface area contributed by atoms with Crippen LogP contribution in [0.15, 0.2) is 18.2 Å². The zero-order valence-corrected chi connectivity index (χ0v) is 17.1. The summed E-state index contributed by atoms with van der Waals surface area (Å²) in [7, 11) is 3.35. The number of hydrogen-bond donors (Lipinski definition) is 0. The smallest absolute Gasteiger partial charge is 0.426 e. The predicted molar refractivity (Wildman–Crippen MR) is 100 cm³/mol. The highest BCUT2D eigenvalue weighted by molar-refractivity contribution is 8.15. The maximum absolute atomic E-state index is 12.4. The fraction of sp³-hybridized carbons (Fsp3) is 0.533. The summed E-state index contributed by atoms with van der Waals surface area (Å²) in [5.41, 5.74) is 0.730. The number of benzene rings is 1. The van der Waals surface area contributed by atoms with Crippen LogP contribution in [0.2, 0.25) is 0 Å². The van der Waals surface area contributed by atoms with Crippen molar-refractivity contribution in [3.8, 4) is 11.5 Å². The van der Waals surface area contributed by atoms with E-state index in [1.54, 1.807) is 24.2 Å². The van der Waals surface area contributed by atoms with E-state index in [1.807, 2.05) is 26.0 Å². The molecule has 1 amide bonds. The largest absolute Gasteiger partial charge is 0.483 e. The predicted octanol–water partition coefficient (Wildman–Crippen LogP) is 3.60. The lowest BCUT2D eigenvalue weighted by Crippen LogP contribution is -2.27. The fourth-order valence-corrected chi connectivity index (χ4v) is 5.74. The van der Waals surface area contributed by atoms with Crippen LogP contribution in [0.3, 0.4) is 0 Å². The molecule has 1 aromatic rings. The van der Waals surface area contributed by atoms with Gasteiger partial charge < -0.3 is 18.5 Å². The molecule has 2 aliphatic rings. The minimum Gasteiger partial charge on any atom is -0.483 e. The van der Waals surface area contributed by atoms with Crippen molar-refractivity contribution in [2.75, 3.05) is 27.3 Å². The van der Waals surface area contributed by atoms with E-state index >= 15 is 0 Å². The quantitative estimate of drug-likeness (QED) is 0.557. The number of nitrogens with zero attached hydrogens (tertiary/aromatic N) is 2. The molecule has 138 valence electrons. The van der Waals surface area contributed by atoms with Gasteiger partial charge in [-0.25, -0.2) is 9.10 Å². The summed E-state index contributed by atoms with van der Waals surface area (Å²) < 4.78 is 25.4. The third-order valence-electron chi connectivity index (χ3n) is 3.69. The highest BCUT2D eigenvalue weighted by Gasteiger charge is 2.35. The average molecular weight is 404 g/mol. The number of ether oxygens (including phenoxy) is 2. The molecule has 0 atom stereocenters. The average Bonchev–Trinajstić information content (AvgIpc) is 3.10. The molecule has 25 heavy (non-hydrogen) atoms. The van der Waals surface area contributed by atoms with E-state index in [1.165, 1.54) is 4.31 Å². The first-order chi connectivity index (χ1) is 11.7. The van der Waals surface area contributed by atoms with Crippen LogP contribution in [-0.2, 0) is 27.3 Å². The zero-order chi connectivity index (χ0) is 18.2. The van der Waals surface area contributed by atoms with Gasteiger partial charge in [0, 0.05) is 26.1 Å². The van der Waals surface area contributed by atoms with E-state index in [-0.39, 0.29) is 5.60 Å². The highest BCUT2D eigenvalue weighted by Crippen LogP contribution is 2.57. The van der Waals surface area contributed by atoms with Crippen LogP contribution in [0.1, 0.15) is 19.4 Å². The molecular formula is C15H21N2O5PS2. The number of hydrogen-bond acceptors (Lipinski definition) is 7. The molecule has 2 heterocycles. The maximum Gasteiger partial charge on any atom is 0.426 e. The second-order valence-electron chi connectivity index (χ2n) is 6.33. The van der Waals surface area contributed by atoms with Gasteiger partial charge in [-0.1, -0.05) is 12.1 Å². The van der Waals surface area contributed by atoms with Gasteiger partial charge in [-0.2, -0.15) is 4.08 Å². The van der Waals surface area contributed by atoms with E-state index in [9.17, 15) is 4.79 Å². The molecule has 0 aliphatic carbocycles. The van der Waals surface area contributed by atoms with Crippen molar-refractivity contribution in [1.82, 2.24) is 8.38 Å². The van der Waals surface area contributed by atoms with Crippen LogP contribution in [0, 0.1) is 0 Å². The molecule has 0 radical (unpaired) electrons. The van der Waals surface area contributed by atoms with Crippen molar-refractivity contribution in [3.63, 3.8) is 0 Å². The minimum absolute atomic E-state index is 0.304. The Morgan fingerprint density at radius 3 is 2.68 bits per heavy atom. The highest BCUT2D eigenvalue weighted by atomic mass is 32.5. The van der Waals surface area contributed by atoms with Gasteiger partial charge >= 0.3 is 6.09 Å². The van der Waals surface area contributed by atoms with Crippen molar-refractivity contribution >= 4 is 36.7 Å². The molecule has 1 fully saturated rings. The Kier molecular flexibility index (Phi) is 5.35. The zero-order valence-electron chi connectivity index (χ0n) is 14.6. The number of carbonyl (C=O) groups excluding carboxylic acids is 1. The minimum atomic E-state index is -2.51. The van der Waals surface area contributed by atoms with Gasteiger partial charge in [0.05, 0.1) is 25.3 Å². The molecule has 3 rings (SSSR count). The van der Waals surface area contributed by atoms with Gasteiger partial charge in [-0.05, 0) is 31.7 Å². The molecule has 2 aliphatic heterocycles. The number of fused-ring (bicyclic) bond motifs is 1. The Morgan fingerprint density at radius 1 is 1.32 bits per heavy atom. The Bertz CT molecular complexity index is 720. The van der Waals surface area contributed by atoms with Gasteiger partial charge in [-0.3, -0.25) is 0 Å². The van der Waals surface area contributed by atoms with Crippen LogP contribution in [0.4, 0.5) is 4.79 Å². The standard InChI is InChI=1S/C15H21N2O5PS2/c1-15(2)10-11-6-5-7-12(13(11)22-15)21-14(18)16(3)25-17(4)23(24)19-8-9-20-23/h5-7H,8-10H2,1-4H3. The lowest BCUT2D eigenvalue weighted by molar-refractivity contribution is 0.131. The summed E-state index contributed by atoms with van der Waals surface area (Å²) in [6.07, 6.45) is 0.248. The van der Waals surface area contributed by atoms with Crippen LogP contribution in [0.25, 0.3) is 0 Å². The molecule has 0 bridgehead atoms. The summed E-state index contributed by atoms with van der Waals surface area (Å²) in [6.45, 7) is 2.44. The summed E-state index contributed by atoms with van der Waals surface area (Å²) in [5.74, 6) is 1.04. The Morgan fingerprint density at radius 2 is 2.00 bits per heavy atom. The Hall–Kier alpha value is -0.830. The molecule has 0 spiro atoms. The van der Waals surface area contributed by atoms with E-state index in [4.69, 9.17) is 30.3 Å². The first-order valence-electron chi connectivity index (χ1n) is 7.78. The molecule has 7 nitrogen and oxygen atoms in total. The second kappa shape index (κ2) is 7.06. The molecule has 0 aromatic heterocycles. The normalized spacial score (nSPS) is 20.2. The van der Waals surface area contributed by atoms with Gasteiger partial charge in [0.1, 0.15) is 5.60 Å². The van der Waals surface area contributed by atoms with E-state index < -0.39 is 12.7 Å². The van der Waals surface area contributed by atoms with Gasteiger partial charge in [-0.15, -0.1) is 0 Å². The Labute approximate surface area is 157 Å². The molecule has 0 unspecified atom stereocenters. The molecule has 1 saturated heterocycles. The van der Waals surface area contributed by atoms with Crippen molar-refractivity contribution in [2.45, 2.75) is 25.9 Å². The lowest BCUT2D eigenvalue weighted by Gasteiger charge is -2.27. The molecule has 0 N–H and O–H groups in total. The first-order valence-corrected chi connectivity index (χ1v) is 11.1. The summed E-state index contributed by atoms with van der Waals surface area (Å²) in [6, 6.07) is 5.56. The molecule has 1 aromatic carbocycles.